The number of nitrogens with zero attached hydrogens (tertiary/aromatic N) is 1. The molecule has 0 aromatic carbocycles. The van der Waals surface area contributed by atoms with Crippen LogP contribution in [0.3, 0.4) is 0 Å². The van der Waals surface area contributed by atoms with Gasteiger partial charge in [-0.1, -0.05) is 6.42 Å². The van der Waals surface area contributed by atoms with E-state index >= 15 is 0 Å². The Labute approximate surface area is 103 Å². The Balaban J connectivity index is 1.59. The monoisotopic (exact) mass is 238 g/mol. The Bertz CT molecular complexity index is 319. The second-order valence-corrected chi connectivity index (χ2v) is 4.58. The van der Waals surface area contributed by atoms with Gasteiger partial charge in [-0.15, -0.1) is 0 Å². The molecule has 4 nitrogen and oxygen atoms in total. The predicted molar refractivity (Wildman–Crippen MR) is 66.5 cm³/mol. The van der Waals surface area contributed by atoms with Gasteiger partial charge in [0.25, 0.3) is 0 Å². The van der Waals surface area contributed by atoms with Crippen LogP contribution in [0.25, 0.3) is 0 Å². The summed E-state index contributed by atoms with van der Waals surface area (Å²) in [4.78, 5) is 2.47. The third-order valence-electron chi connectivity index (χ3n) is 3.19. The topological polar surface area (TPSA) is 51.6 Å². The van der Waals surface area contributed by atoms with Crippen LogP contribution in [-0.2, 0) is 17.9 Å². The van der Waals surface area contributed by atoms with Gasteiger partial charge in [0.2, 0.25) is 0 Å². The van der Waals surface area contributed by atoms with Crippen molar-refractivity contribution in [2.75, 3.05) is 26.2 Å². The summed E-state index contributed by atoms with van der Waals surface area (Å²) < 4.78 is 10.9. The van der Waals surface area contributed by atoms with Gasteiger partial charge in [0.05, 0.1) is 12.9 Å². The fraction of sp³-hybridized carbons (Fsp3) is 0.692. The molecule has 0 atom stereocenters. The van der Waals surface area contributed by atoms with Crippen LogP contribution in [0.15, 0.2) is 16.7 Å². The zero-order chi connectivity index (χ0) is 11.9. The molecule has 1 aromatic heterocycles. The molecule has 0 aliphatic carbocycles. The molecule has 2 N–H and O–H groups in total. The molecule has 0 bridgehead atoms. The first-order valence-electron chi connectivity index (χ1n) is 6.45. The van der Waals surface area contributed by atoms with Crippen molar-refractivity contribution in [3.63, 3.8) is 0 Å². The highest BCUT2D eigenvalue weighted by Crippen LogP contribution is 2.10. The van der Waals surface area contributed by atoms with Gasteiger partial charge < -0.3 is 19.8 Å². The average Bonchev–Trinajstić information content (AvgIpc) is 2.84. The van der Waals surface area contributed by atoms with Crippen molar-refractivity contribution in [1.82, 2.24) is 4.90 Å². The lowest BCUT2D eigenvalue weighted by Crippen LogP contribution is -2.32. The minimum Gasteiger partial charge on any atom is -0.467 e. The van der Waals surface area contributed by atoms with E-state index < -0.39 is 0 Å². The maximum atomic E-state index is 5.60. The second kappa shape index (κ2) is 6.79. The first kappa shape index (κ1) is 12.6. The van der Waals surface area contributed by atoms with Crippen molar-refractivity contribution >= 4 is 0 Å². The fourth-order valence-electron chi connectivity index (χ4n) is 2.16. The number of rotatable bonds is 6. The molecule has 0 amide bonds. The number of nitrogens with two attached hydrogens (primary N) is 1. The van der Waals surface area contributed by atoms with E-state index in [9.17, 15) is 0 Å². The number of piperidine rings is 1. The van der Waals surface area contributed by atoms with Gasteiger partial charge in [-0.25, -0.2) is 0 Å². The molecule has 1 saturated heterocycles. The van der Waals surface area contributed by atoms with Gasteiger partial charge in [0, 0.05) is 18.7 Å². The molecule has 2 rings (SSSR count). The van der Waals surface area contributed by atoms with Gasteiger partial charge in [-0.3, -0.25) is 0 Å². The third-order valence-corrected chi connectivity index (χ3v) is 3.19. The minimum atomic E-state index is 0.525. The largest absolute Gasteiger partial charge is 0.467 e. The van der Waals surface area contributed by atoms with E-state index in [2.05, 4.69) is 4.90 Å². The highest BCUT2D eigenvalue weighted by atomic mass is 16.5. The number of likely N-dealkylation sites (tertiary alicyclic amines) is 1. The first-order chi connectivity index (χ1) is 8.38. The van der Waals surface area contributed by atoms with E-state index in [1.165, 1.54) is 32.4 Å². The van der Waals surface area contributed by atoms with E-state index in [1.807, 2.05) is 6.07 Å². The molecule has 96 valence electrons. The zero-order valence-corrected chi connectivity index (χ0v) is 10.4. The summed E-state index contributed by atoms with van der Waals surface area (Å²) in [5.41, 5.74) is 6.54. The number of ether oxygens (including phenoxy) is 1. The molecule has 0 unspecified atom stereocenters. The summed E-state index contributed by atoms with van der Waals surface area (Å²) >= 11 is 0. The predicted octanol–water partition coefficient (Wildman–Crippen LogP) is 1.74. The lowest BCUT2D eigenvalue weighted by Gasteiger charge is -2.25. The van der Waals surface area contributed by atoms with E-state index in [0.717, 1.165) is 24.5 Å². The summed E-state index contributed by atoms with van der Waals surface area (Å²) in [6.45, 7) is 5.33. The van der Waals surface area contributed by atoms with Crippen LogP contribution >= 0.6 is 0 Å². The van der Waals surface area contributed by atoms with Crippen molar-refractivity contribution in [2.45, 2.75) is 32.4 Å². The summed E-state index contributed by atoms with van der Waals surface area (Å²) in [7, 11) is 0. The van der Waals surface area contributed by atoms with Crippen LogP contribution in [0.1, 0.15) is 30.6 Å². The van der Waals surface area contributed by atoms with Crippen molar-refractivity contribution < 1.29 is 9.15 Å². The molecule has 1 aromatic rings. The van der Waals surface area contributed by atoms with Gasteiger partial charge >= 0.3 is 0 Å². The van der Waals surface area contributed by atoms with Crippen LogP contribution in [0.5, 0.6) is 0 Å². The summed E-state index contributed by atoms with van der Waals surface area (Å²) in [5.74, 6) is 0.865. The van der Waals surface area contributed by atoms with E-state index in [4.69, 9.17) is 14.9 Å². The van der Waals surface area contributed by atoms with Crippen LogP contribution in [0, 0.1) is 0 Å². The van der Waals surface area contributed by atoms with Crippen LogP contribution in [0.2, 0.25) is 0 Å². The van der Waals surface area contributed by atoms with Crippen molar-refractivity contribution in [2.24, 2.45) is 5.73 Å². The van der Waals surface area contributed by atoms with Gasteiger partial charge in [0.15, 0.2) is 0 Å². The van der Waals surface area contributed by atoms with Crippen molar-refractivity contribution in [3.05, 3.63) is 23.7 Å². The smallest absolute Gasteiger partial charge is 0.129 e. The van der Waals surface area contributed by atoms with Crippen molar-refractivity contribution in [1.29, 1.82) is 0 Å². The standard InChI is InChI=1S/C13H22N2O2/c14-9-12-8-13(17-10-12)11-16-7-6-15-4-2-1-3-5-15/h8,10H,1-7,9,11,14H2. The summed E-state index contributed by atoms with van der Waals surface area (Å²) in [6, 6.07) is 1.96. The number of hydrogen-bond donors (Lipinski definition) is 1. The van der Waals surface area contributed by atoms with Crippen LogP contribution < -0.4 is 5.73 Å². The van der Waals surface area contributed by atoms with Crippen LogP contribution in [0.4, 0.5) is 0 Å². The Morgan fingerprint density at radius 3 is 2.82 bits per heavy atom. The normalized spacial score (nSPS) is 17.5. The Hall–Kier alpha value is -0.840. The van der Waals surface area contributed by atoms with E-state index in [1.54, 1.807) is 6.26 Å². The number of furan rings is 1. The molecule has 4 heteroatoms. The highest BCUT2D eigenvalue weighted by Gasteiger charge is 2.09. The third kappa shape index (κ3) is 4.15. The SMILES string of the molecule is NCc1coc(COCCN2CCCCC2)c1. The van der Waals surface area contributed by atoms with Crippen LogP contribution in [-0.4, -0.2) is 31.1 Å². The van der Waals surface area contributed by atoms with Gasteiger partial charge in [-0.05, 0) is 32.0 Å². The molecule has 1 fully saturated rings. The Kier molecular flexibility index (Phi) is 5.04. The Morgan fingerprint density at radius 1 is 1.29 bits per heavy atom. The van der Waals surface area contributed by atoms with E-state index in [0.29, 0.717) is 13.2 Å². The second-order valence-electron chi connectivity index (χ2n) is 4.58. The first-order valence-corrected chi connectivity index (χ1v) is 6.45. The molecule has 1 aliphatic heterocycles. The molecular formula is C13H22N2O2. The van der Waals surface area contributed by atoms with Crippen molar-refractivity contribution in [3.8, 4) is 0 Å². The minimum absolute atomic E-state index is 0.525. The Morgan fingerprint density at radius 2 is 2.12 bits per heavy atom. The fourth-order valence-corrected chi connectivity index (χ4v) is 2.16. The zero-order valence-electron chi connectivity index (χ0n) is 10.4. The average molecular weight is 238 g/mol. The molecule has 0 spiro atoms. The molecule has 2 heterocycles. The molecule has 0 radical (unpaired) electrons. The van der Waals surface area contributed by atoms with E-state index in [-0.39, 0.29) is 0 Å². The molecular weight excluding hydrogens is 216 g/mol. The lowest BCUT2D eigenvalue weighted by molar-refractivity contribution is 0.0765. The maximum Gasteiger partial charge on any atom is 0.129 e. The van der Waals surface area contributed by atoms with Gasteiger partial charge in [-0.2, -0.15) is 0 Å². The molecule has 0 saturated carbocycles. The highest BCUT2D eigenvalue weighted by molar-refractivity contribution is 5.11. The maximum absolute atomic E-state index is 5.60. The lowest BCUT2D eigenvalue weighted by atomic mass is 10.1. The molecule has 17 heavy (non-hydrogen) atoms. The molecule has 1 aliphatic rings. The summed E-state index contributed by atoms with van der Waals surface area (Å²) in [6.07, 6.45) is 5.74. The van der Waals surface area contributed by atoms with Gasteiger partial charge in [0.1, 0.15) is 12.4 Å². The summed E-state index contributed by atoms with van der Waals surface area (Å²) in [5, 5.41) is 0. The number of hydrogen-bond acceptors (Lipinski definition) is 4. The quantitative estimate of drug-likeness (QED) is 0.767.